The summed E-state index contributed by atoms with van der Waals surface area (Å²) < 4.78 is 0. The maximum atomic E-state index is 11.9. The number of imide groups is 1. The molecule has 2 aliphatic rings. The summed E-state index contributed by atoms with van der Waals surface area (Å²) in [6, 6.07) is 0. The molecule has 5 nitrogen and oxygen atoms in total. The second-order valence-corrected chi connectivity index (χ2v) is 4.93. The van der Waals surface area contributed by atoms with Crippen LogP contribution in [0.4, 0.5) is 0 Å². The molecule has 0 aromatic rings. The zero-order chi connectivity index (χ0) is 11.5. The number of likely N-dealkylation sites (N-methyl/N-ethyl adjacent to an activating group) is 1. The van der Waals surface area contributed by atoms with Crippen LogP contribution < -0.4 is 9.80 Å². The van der Waals surface area contributed by atoms with Crippen molar-refractivity contribution in [3.8, 4) is 0 Å². The van der Waals surface area contributed by atoms with Gasteiger partial charge < -0.3 is 9.80 Å². The molecule has 2 rings (SSSR count). The van der Waals surface area contributed by atoms with E-state index < -0.39 is 0 Å². The van der Waals surface area contributed by atoms with Gasteiger partial charge in [0.15, 0.2) is 6.54 Å². The van der Waals surface area contributed by atoms with Gasteiger partial charge in [0, 0.05) is 13.0 Å². The molecule has 0 aromatic heterocycles. The minimum absolute atomic E-state index is 0.0177. The lowest BCUT2D eigenvalue weighted by Gasteiger charge is -2.27. The van der Waals surface area contributed by atoms with Crippen molar-refractivity contribution in [1.82, 2.24) is 4.90 Å². The third-order valence-electron chi connectivity index (χ3n) is 3.59. The zero-order valence-corrected chi connectivity index (χ0v) is 9.92. The van der Waals surface area contributed by atoms with E-state index in [0.29, 0.717) is 19.5 Å². The van der Waals surface area contributed by atoms with E-state index in [9.17, 15) is 9.59 Å². The Kier molecular flexibility index (Phi) is 3.56. The number of carbonyl (C=O) groups excluding carboxylic acids is 2. The number of nitrogens with one attached hydrogen (secondary N) is 2. The summed E-state index contributed by atoms with van der Waals surface area (Å²) in [5.41, 5.74) is 0. The van der Waals surface area contributed by atoms with Crippen molar-refractivity contribution in [2.24, 2.45) is 0 Å². The van der Waals surface area contributed by atoms with Crippen LogP contribution in [0.1, 0.15) is 12.8 Å². The summed E-state index contributed by atoms with van der Waals surface area (Å²) >= 11 is 0. The van der Waals surface area contributed by atoms with Crippen LogP contribution in [-0.4, -0.2) is 63.0 Å². The molecule has 2 amide bonds. The Balaban J connectivity index is 1.81. The van der Waals surface area contributed by atoms with Crippen LogP contribution in [0.3, 0.4) is 0 Å². The molecular weight excluding hydrogens is 206 g/mol. The van der Waals surface area contributed by atoms with Gasteiger partial charge in [0.05, 0.1) is 7.05 Å². The second kappa shape index (κ2) is 4.93. The predicted octanol–water partition coefficient (Wildman–Crippen LogP) is -3.45. The van der Waals surface area contributed by atoms with Crippen LogP contribution in [0.25, 0.3) is 0 Å². The van der Waals surface area contributed by atoms with Gasteiger partial charge in [-0.05, 0) is 6.42 Å². The van der Waals surface area contributed by atoms with Crippen LogP contribution in [0.2, 0.25) is 0 Å². The number of likely N-dealkylation sites (tertiary alicyclic amines) is 1. The summed E-state index contributed by atoms with van der Waals surface area (Å²) in [4.78, 5) is 27.6. The van der Waals surface area contributed by atoms with Crippen molar-refractivity contribution >= 4 is 11.8 Å². The van der Waals surface area contributed by atoms with Crippen LogP contribution in [0, 0.1) is 0 Å². The normalized spacial score (nSPS) is 30.8. The fraction of sp³-hybridized carbons (Fsp3) is 0.818. The number of hydrogen-bond donors (Lipinski definition) is 2. The summed E-state index contributed by atoms with van der Waals surface area (Å²) in [5.74, 6) is 0.0428. The maximum Gasteiger partial charge on any atom is 0.284 e. The highest BCUT2D eigenvalue weighted by atomic mass is 16.2. The smallest absolute Gasteiger partial charge is 0.284 e. The molecule has 0 spiro atoms. The summed E-state index contributed by atoms with van der Waals surface area (Å²) in [7, 11) is 2.18. The summed E-state index contributed by atoms with van der Waals surface area (Å²) in [5, 5.41) is 0. The average molecular weight is 227 g/mol. The standard InChI is InChI=1S/C11H19N3O2/c1-12-5-7-13(8-6-12)9-11(16)14-4-2-3-10(14)15/h2-9H2,1H3/p+2. The Morgan fingerprint density at radius 2 is 2.00 bits per heavy atom. The molecule has 2 fully saturated rings. The van der Waals surface area contributed by atoms with Crippen LogP contribution in [-0.2, 0) is 9.59 Å². The molecule has 16 heavy (non-hydrogen) atoms. The highest BCUT2D eigenvalue weighted by Crippen LogP contribution is 2.08. The molecule has 0 unspecified atom stereocenters. The van der Waals surface area contributed by atoms with Gasteiger partial charge in [0.2, 0.25) is 5.91 Å². The van der Waals surface area contributed by atoms with Crippen LogP contribution in [0.15, 0.2) is 0 Å². The molecule has 2 aliphatic heterocycles. The quantitative estimate of drug-likeness (QED) is 0.515. The molecule has 90 valence electrons. The minimum Gasteiger partial charge on any atom is -0.328 e. The molecule has 2 N–H and O–H groups in total. The van der Waals surface area contributed by atoms with Gasteiger partial charge in [-0.15, -0.1) is 0 Å². The molecule has 0 aliphatic carbocycles. The van der Waals surface area contributed by atoms with E-state index in [1.807, 2.05) is 0 Å². The van der Waals surface area contributed by atoms with Gasteiger partial charge in [-0.25, -0.2) is 0 Å². The molecule has 2 heterocycles. The van der Waals surface area contributed by atoms with E-state index in [0.717, 1.165) is 32.6 Å². The number of piperazine rings is 1. The molecule has 0 radical (unpaired) electrons. The Morgan fingerprint density at radius 3 is 2.56 bits per heavy atom. The molecular formula is C11H21N3O2+2. The van der Waals surface area contributed by atoms with E-state index >= 15 is 0 Å². The summed E-state index contributed by atoms with van der Waals surface area (Å²) in [6.45, 7) is 5.46. The van der Waals surface area contributed by atoms with Crippen molar-refractivity contribution < 1.29 is 19.4 Å². The van der Waals surface area contributed by atoms with E-state index in [-0.39, 0.29) is 11.8 Å². The first-order valence-corrected chi connectivity index (χ1v) is 6.15. The highest BCUT2D eigenvalue weighted by Gasteiger charge is 2.30. The maximum absolute atomic E-state index is 11.9. The lowest BCUT2D eigenvalue weighted by molar-refractivity contribution is -1.000. The van der Waals surface area contributed by atoms with Crippen molar-refractivity contribution in [3.05, 3.63) is 0 Å². The lowest BCUT2D eigenvalue weighted by Crippen LogP contribution is -3.27. The van der Waals surface area contributed by atoms with Crippen LogP contribution >= 0.6 is 0 Å². The van der Waals surface area contributed by atoms with Gasteiger partial charge >= 0.3 is 0 Å². The largest absolute Gasteiger partial charge is 0.328 e. The minimum atomic E-state index is 0.0177. The van der Waals surface area contributed by atoms with Gasteiger partial charge in [0.25, 0.3) is 5.91 Å². The fourth-order valence-corrected chi connectivity index (χ4v) is 2.43. The average Bonchev–Trinajstić information content (AvgIpc) is 2.68. The molecule has 0 aromatic carbocycles. The van der Waals surface area contributed by atoms with Crippen LogP contribution in [0.5, 0.6) is 0 Å². The molecule has 0 bridgehead atoms. The van der Waals surface area contributed by atoms with Gasteiger partial charge in [-0.3, -0.25) is 14.5 Å². The van der Waals surface area contributed by atoms with Gasteiger partial charge in [-0.2, -0.15) is 0 Å². The number of hydrogen-bond acceptors (Lipinski definition) is 2. The molecule has 2 saturated heterocycles. The topological polar surface area (TPSA) is 46.3 Å². The number of rotatable bonds is 2. The third kappa shape index (κ3) is 2.59. The number of carbonyl (C=O) groups is 2. The van der Waals surface area contributed by atoms with E-state index in [1.165, 1.54) is 14.7 Å². The number of nitrogens with zero attached hydrogens (tertiary/aromatic N) is 1. The van der Waals surface area contributed by atoms with Gasteiger partial charge in [0.1, 0.15) is 26.2 Å². The second-order valence-electron chi connectivity index (χ2n) is 4.93. The van der Waals surface area contributed by atoms with E-state index in [2.05, 4.69) is 7.05 Å². The van der Waals surface area contributed by atoms with Crippen molar-refractivity contribution in [1.29, 1.82) is 0 Å². The first-order valence-electron chi connectivity index (χ1n) is 6.15. The van der Waals surface area contributed by atoms with Crippen molar-refractivity contribution in [3.63, 3.8) is 0 Å². The SMILES string of the molecule is C[NH+]1CC[NH+](CC(=O)N2CCCC2=O)CC1. The van der Waals surface area contributed by atoms with Gasteiger partial charge in [-0.1, -0.05) is 0 Å². The third-order valence-corrected chi connectivity index (χ3v) is 3.59. The fourth-order valence-electron chi connectivity index (χ4n) is 2.43. The number of quaternary nitrogens is 2. The first-order chi connectivity index (χ1) is 7.66. The van der Waals surface area contributed by atoms with E-state index in [1.54, 1.807) is 0 Å². The predicted molar refractivity (Wildman–Crippen MR) is 58.1 cm³/mol. The summed E-state index contributed by atoms with van der Waals surface area (Å²) in [6.07, 6.45) is 1.39. The first kappa shape index (κ1) is 11.5. The lowest BCUT2D eigenvalue weighted by atomic mass is 10.3. The molecule has 5 heteroatoms. The van der Waals surface area contributed by atoms with Crippen molar-refractivity contribution in [2.75, 3.05) is 46.3 Å². The highest BCUT2D eigenvalue weighted by molar-refractivity contribution is 5.97. The van der Waals surface area contributed by atoms with E-state index in [4.69, 9.17) is 0 Å². The Labute approximate surface area is 96.0 Å². The molecule has 0 saturated carbocycles. The Bertz CT molecular complexity index is 285. The Hall–Kier alpha value is -0.940. The zero-order valence-electron chi connectivity index (χ0n) is 9.92. The molecule has 0 atom stereocenters. The number of amides is 2. The Morgan fingerprint density at radius 1 is 1.31 bits per heavy atom. The monoisotopic (exact) mass is 227 g/mol. The van der Waals surface area contributed by atoms with Crippen molar-refractivity contribution in [2.45, 2.75) is 12.8 Å².